The van der Waals surface area contributed by atoms with Crippen LogP contribution in [0.15, 0.2) is 103 Å². The summed E-state index contributed by atoms with van der Waals surface area (Å²) in [5.41, 5.74) is 8.77. The molecule has 39 heavy (non-hydrogen) atoms. The predicted molar refractivity (Wildman–Crippen MR) is 158 cm³/mol. The lowest BCUT2D eigenvalue weighted by Crippen LogP contribution is -2.38. The van der Waals surface area contributed by atoms with E-state index in [1.807, 2.05) is 6.07 Å². The van der Waals surface area contributed by atoms with Crippen LogP contribution in [0.25, 0.3) is 11.1 Å². The van der Waals surface area contributed by atoms with Gasteiger partial charge >= 0.3 is 0 Å². The summed E-state index contributed by atoms with van der Waals surface area (Å²) in [6, 6.07) is 36.8. The van der Waals surface area contributed by atoms with Crippen LogP contribution >= 0.6 is 0 Å². The fourth-order valence-corrected chi connectivity index (χ4v) is 7.33. The number of benzene rings is 4. The molecule has 3 aliphatic rings. The van der Waals surface area contributed by atoms with Crippen LogP contribution in [0, 0.1) is 5.92 Å². The molecule has 1 aliphatic carbocycles. The van der Waals surface area contributed by atoms with E-state index in [1.165, 1.54) is 46.2 Å². The lowest BCUT2D eigenvalue weighted by Gasteiger charge is -2.34. The minimum Gasteiger partial charge on any atom is -0.338 e. The van der Waals surface area contributed by atoms with Crippen LogP contribution in [0.2, 0.25) is 0 Å². The Labute approximate surface area is 232 Å². The molecule has 3 nitrogen and oxygen atoms in total. The first-order chi connectivity index (χ1) is 19.2. The topological polar surface area (TPSA) is 23.6 Å². The number of carbonyl (C=O) groups excluding carboxylic acids is 1. The zero-order valence-corrected chi connectivity index (χ0v) is 22.5. The summed E-state index contributed by atoms with van der Waals surface area (Å²) in [5.74, 6) is 1.68. The van der Waals surface area contributed by atoms with Gasteiger partial charge in [0, 0.05) is 31.1 Å². The largest absolute Gasteiger partial charge is 0.338 e. The van der Waals surface area contributed by atoms with Gasteiger partial charge in [0.25, 0.3) is 5.91 Å². The van der Waals surface area contributed by atoms with Crippen LogP contribution < -0.4 is 0 Å². The number of nitrogens with zero attached hydrogens (tertiary/aromatic N) is 2. The van der Waals surface area contributed by atoms with E-state index in [-0.39, 0.29) is 5.91 Å². The maximum absolute atomic E-state index is 14.1. The van der Waals surface area contributed by atoms with Crippen molar-refractivity contribution in [2.45, 2.75) is 31.1 Å². The van der Waals surface area contributed by atoms with Gasteiger partial charge in [-0.2, -0.15) is 0 Å². The number of likely N-dealkylation sites (tertiary alicyclic amines) is 2. The van der Waals surface area contributed by atoms with Gasteiger partial charge < -0.3 is 9.80 Å². The average Bonchev–Trinajstić information content (AvgIpc) is 3.60. The average molecular weight is 513 g/mol. The van der Waals surface area contributed by atoms with Gasteiger partial charge in [0.2, 0.25) is 0 Å². The Morgan fingerprint density at radius 3 is 2.13 bits per heavy atom. The molecule has 0 saturated carbocycles. The molecule has 4 aromatic carbocycles. The summed E-state index contributed by atoms with van der Waals surface area (Å²) in [5, 5.41) is 0. The molecule has 3 heteroatoms. The van der Waals surface area contributed by atoms with Crippen LogP contribution in [0.5, 0.6) is 0 Å². The van der Waals surface area contributed by atoms with Gasteiger partial charge in [-0.15, -0.1) is 0 Å². The molecular formula is C36H36N2O. The zero-order valence-electron chi connectivity index (χ0n) is 22.5. The van der Waals surface area contributed by atoms with E-state index in [0.29, 0.717) is 17.8 Å². The van der Waals surface area contributed by atoms with Crippen LogP contribution in [0.4, 0.5) is 0 Å². The Morgan fingerprint density at radius 1 is 0.692 bits per heavy atom. The lowest BCUT2D eigenvalue weighted by molar-refractivity contribution is 0.0780. The zero-order chi connectivity index (χ0) is 26.2. The summed E-state index contributed by atoms with van der Waals surface area (Å²) in [7, 11) is 0. The second-order valence-electron chi connectivity index (χ2n) is 11.6. The molecule has 2 heterocycles. The number of fused-ring (bicyclic) bond motifs is 3. The highest BCUT2D eigenvalue weighted by Crippen LogP contribution is 2.40. The lowest BCUT2D eigenvalue weighted by atomic mass is 9.86. The first-order valence-corrected chi connectivity index (χ1v) is 14.6. The molecule has 1 amide bonds. The highest BCUT2D eigenvalue weighted by molar-refractivity contribution is 5.99. The first kappa shape index (κ1) is 24.4. The molecule has 196 valence electrons. The quantitative estimate of drug-likeness (QED) is 0.253. The van der Waals surface area contributed by atoms with Crippen LogP contribution in [0.3, 0.4) is 0 Å². The standard InChI is InChI=1S/C36H36N2O/c39-36(33-17-9-16-32-31-15-8-7-14-29(31)22-34(32)33)38-24-30(35(25-38)28-12-5-2-6-13-28)23-37-20-18-27(19-21-37)26-10-3-1-4-11-26/h1-17,27,30,35H,18-25H2/t30-,35+/m0/s1. The number of hydrogen-bond donors (Lipinski definition) is 0. The van der Waals surface area contributed by atoms with E-state index in [4.69, 9.17) is 0 Å². The van der Waals surface area contributed by atoms with Gasteiger partial charge in [-0.3, -0.25) is 4.79 Å². The second-order valence-corrected chi connectivity index (χ2v) is 11.6. The molecule has 4 aromatic rings. The molecule has 0 spiro atoms. The highest BCUT2D eigenvalue weighted by Gasteiger charge is 2.39. The molecule has 2 saturated heterocycles. The summed E-state index contributed by atoms with van der Waals surface area (Å²) in [6.45, 7) is 4.95. The van der Waals surface area contributed by atoms with Crippen molar-refractivity contribution in [2.24, 2.45) is 5.92 Å². The van der Waals surface area contributed by atoms with E-state index >= 15 is 0 Å². The monoisotopic (exact) mass is 512 g/mol. The summed E-state index contributed by atoms with van der Waals surface area (Å²) >= 11 is 0. The second kappa shape index (κ2) is 10.5. The predicted octanol–water partition coefficient (Wildman–Crippen LogP) is 6.99. The maximum atomic E-state index is 14.1. The molecule has 7 rings (SSSR count). The van der Waals surface area contributed by atoms with Gasteiger partial charge in [0.1, 0.15) is 0 Å². The normalized spacial score (nSPS) is 21.1. The van der Waals surface area contributed by atoms with Crippen LogP contribution in [-0.2, 0) is 6.42 Å². The van der Waals surface area contributed by atoms with Crippen molar-refractivity contribution in [3.05, 3.63) is 131 Å². The molecule has 0 N–H and O–H groups in total. The molecule has 0 bridgehead atoms. The third kappa shape index (κ3) is 4.70. The van der Waals surface area contributed by atoms with Gasteiger partial charge in [0.05, 0.1) is 0 Å². The molecule has 0 radical (unpaired) electrons. The van der Waals surface area contributed by atoms with Crippen molar-refractivity contribution in [2.75, 3.05) is 32.7 Å². The number of hydrogen-bond acceptors (Lipinski definition) is 2. The highest BCUT2D eigenvalue weighted by atomic mass is 16.2. The fourth-order valence-electron chi connectivity index (χ4n) is 7.33. The van der Waals surface area contributed by atoms with Crippen molar-refractivity contribution in [1.29, 1.82) is 0 Å². The Morgan fingerprint density at radius 2 is 1.36 bits per heavy atom. The molecule has 0 aromatic heterocycles. The van der Waals surface area contributed by atoms with Gasteiger partial charge in [-0.25, -0.2) is 0 Å². The van der Waals surface area contributed by atoms with Crippen LogP contribution in [-0.4, -0.2) is 48.4 Å². The Bertz CT molecular complexity index is 1460. The summed E-state index contributed by atoms with van der Waals surface area (Å²) in [6.07, 6.45) is 3.28. The van der Waals surface area contributed by atoms with E-state index in [0.717, 1.165) is 44.7 Å². The number of piperidine rings is 1. The Kier molecular flexibility index (Phi) is 6.54. The van der Waals surface area contributed by atoms with E-state index in [9.17, 15) is 4.79 Å². The molecule has 2 aliphatic heterocycles. The molecule has 0 unspecified atom stereocenters. The van der Waals surface area contributed by atoms with Crippen LogP contribution in [0.1, 0.15) is 57.3 Å². The van der Waals surface area contributed by atoms with E-state index in [2.05, 4.69) is 107 Å². The fraction of sp³-hybridized carbons (Fsp3) is 0.306. The third-order valence-electron chi connectivity index (χ3n) is 9.39. The number of carbonyl (C=O) groups is 1. The molecule has 2 atom stereocenters. The van der Waals surface area contributed by atoms with Crippen molar-refractivity contribution in [3.8, 4) is 11.1 Å². The van der Waals surface area contributed by atoms with Gasteiger partial charge in [-0.1, -0.05) is 97.1 Å². The van der Waals surface area contributed by atoms with E-state index < -0.39 is 0 Å². The first-order valence-electron chi connectivity index (χ1n) is 14.6. The summed E-state index contributed by atoms with van der Waals surface area (Å²) < 4.78 is 0. The van der Waals surface area contributed by atoms with E-state index in [1.54, 1.807) is 0 Å². The van der Waals surface area contributed by atoms with Crippen molar-refractivity contribution in [1.82, 2.24) is 9.80 Å². The van der Waals surface area contributed by atoms with Crippen molar-refractivity contribution in [3.63, 3.8) is 0 Å². The third-order valence-corrected chi connectivity index (χ3v) is 9.39. The smallest absolute Gasteiger partial charge is 0.254 e. The minimum atomic E-state index is 0.200. The SMILES string of the molecule is O=C(c1cccc2c1Cc1ccccc1-2)N1C[C@H](CN2CCC(c3ccccc3)CC2)[C@@H](c2ccccc2)C1. The summed E-state index contributed by atoms with van der Waals surface area (Å²) in [4.78, 5) is 18.9. The number of amides is 1. The number of rotatable bonds is 5. The Hall–Kier alpha value is -3.69. The van der Waals surface area contributed by atoms with Crippen molar-refractivity contribution >= 4 is 5.91 Å². The minimum absolute atomic E-state index is 0.200. The Balaban J connectivity index is 1.10. The molecular weight excluding hydrogens is 476 g/mol. The maximum Gasteiger partial charge on any atom is 0.254 e. The molecule has 2 fully saturated rings. The van der Waals surface area contributed by atoms with Crippen molar-refractivity contribution < 1.29 is 4.79 Å². The van der Waals surface area contributed by atoms with Gasteiger partial charge in [-0.05, 0) is 83.6 Å². The van der Waals surface area contributed by atoms with Gasteiger partial charge in [0.15, 0.2) is 0 Å².